The summed E-state index contributed by atoms with van der Waals surface area (Å²) >= 11 is 7.71. The minimum absolute atomic E-state index is 0.0413. The van der Waals surface area contributed by atoms with Gasteiger partial charge in [0.05, 0.1) is 5.02 Å². The van der Waals surface area contributed by atoms with Crippen LogP contribution in [0.3, 0.4) is 0 Å². The van der Waals surface area contributed by atoms with Crippen LogP contribution in [0.1, 0.15) is 22.5 Å². The Morgan fingerprint density at radius 1 is 1.38 bits per heavy atom. The second kappa shape index (κ2) is 5.66. The van der Waals surface area contributed by atoms with E-state index < -0.39 is 5.97 Å². The number of carbonyl (C=O) groups excluding carboxylic acids is 1. The van der Waals surface area contributed by atoms with E-state index in [1.165, 1.54) is 11.3 Å². The van der Waals surface area contributed by atoms with Gasteiger partial charge in [0.1, 0.15) is 4.88 Å². The first-order chi connectivity index (χ1) is 10.1. The molecule has 1 unspecified atom stereocenters. The Hall–Kier alpha value is -1.59. The molecular formula is C15H14ClNO3S. The van der Waals surface area contributed by atoms with Gasteiger partial charge in [-0.1, -0.05) is 29.8 Å². The largest absolute Gasteiger partial charge is 0.481 e. The van der Waals surface area contributed by atoms with E-state index in [9.17, 15) is 9.59 Å². The zero-order chi connectivity index (χ0) is 15.0. The highest BCUT2D eigenvalue weighted by Gasteiger charge is 2.30. The number of carboxylic acid groups (broad SMARTS) is 1. The Balaban J connectivity index is 1.81. The van der Waals surface area contributed by atoms with Crippen molar-refractivity contribution in [3.63, 3.8) is 0 Å². The SMILES string of the molecule is O=C(O)CC1CCN(C(=O)c2sc3ccccc3c2Cl)C1. The zero-order valence-electron chi connectivity index (χ0n) is 11.2. The molecule has 1 saturated heterocycles. The minimum atomic E-state index is -0.811. The molecular weight excluding hydrogens is 310 g/mol. The third kappa shape index (κ3) is 2.76. The van der Waals surface area contributed by atoms with Gasteiger partial charge in [0.2, 0.25) is 0 Å². The number of amides is 1. The van der Waals surface area contributed by atoms with E-state index in [1.807, 2.05) is 24.3 Å². The van der Waals surface area contributed by atoms with E-state index in [-0.39, 0.29) is 18.2 Å². The number of hydrogen-bond donors (Lipinski definition) is 1. The summed E-state index contributed by atoms with van der Waals surface area (Å²) in [6, 6.07) is 7.66. The van der Waals surface area contributed by atoms with E-state index in [2.05, 4.69) is 0 Å². The normalized spacial score (nSPS) is 18.3. The van der Waals surface area contributed by atoms with E-state index >= 15 is 0 Å². The molecule has 1 amide bonds. The lowest BCUT2D eigenvalue weighted by molar-refractivity contribution is -0.138. The number of hydrogen-bond acceptors (Lipinski definition) is 3. The average molecular weight is 324 g/mol. The smallest absolute Gasteiger partial charge is 0.303 e. The van der Waals surface area contributed by atoms with Crippen molar-refractivity contribution in [1.29, 1.82) is 0 Å². The van der Waals surface area contributed by atoms with Crippen molar-refractivity contribution in [2.75, 3.05) is 13.1 Å². The summed E-state index contributed by atoms with van der Waals surface area (Å²) in [6.45, 7) is 1.09. The molecule has 1 atom stereocenters. The number of carbonyl (C=O) groups is 2. The molecule has 1 aliphatic heterocycles. The molecule has 21 heavy (non-hydrogen) atoms. The third-order valence-electron chi connectivity index (χ3n) is 3.77. The van der Waals surface area contributed by atoms with Crippen molar-refractivity contribution in [2.45, 2.75) is 12.8 Å². The number of rotatable bonds is 3. The lowest BCUT2D eigenvalue weighted by atomic mass is 10.1. The summed E-state index contributed by atoms with van der Waals surface area (Å²) in [5.41, 5.74) is 0. The quantitative estimate of drug-likeness (QED) is 0.940. The fourth-order valence-electron chi connectivity index (χ4n) is 2.73. The lowest BCUT2D eigenvalue weighted by Crippen LogP contribution is -2.28. The van der Waals surface area contributed by atoms with Gasteiger partial charge < -0.3 is 10.0 Å². The molecule has 110 valence electrons. The van der Waals surface area contributed by atoms with Crippen LogP contribution in [0.5, 0.6) is 0 Å². The highest BCUT2D eigenvalue weighted by molar-refractivity contribution is 7.21. The van der Waals surface area contributed by atoms with Crippen molar-refractivity contribution in [1.82, 2.24) is 4.90 Å². The monoisotopic (exact) mass is 323 g/mol. The number of nitrogens with zero attached hydrogens (tertiary/aromatic N) is 1. The predicted octanol–water partition coefficient (Wildman–Crippen LogP) is 3.49. The second-order valence-corrected chi connectivity index (χ2v) is 6.68. The maximum Gasteiger partial charge on any atom is 0.303 e. The van der Waals surface area contributed by atoms with Crippen LogP contribution < -0.4 is 0 Å². The van der Waals surface area contributed by atoms with Crippen LogP contribution in [0, 0.1) is 5.92 Å². The Morgan fingerprint density at radius 3 is 2.86 bits per heavy atom. The predicted molar refractivity (Wildman–Crippen MR) is 83.1 cm³/mol. The van der Waals surface area contributed by atoms with Crippen molar-refractivity contribution in [3.8, 4) is 0 Å². The summed E-state index contributed by atoms with van der Waals surface area (Å²) in [5.74, 6) is -0.858. The van der Waals surface area contributed by atoms with Gasteiger partial charge in [0, 0.05) is 29.6 Å². The number of halogens is 1. The van der Waals surface area contributed by atoms with Crippen molar-refractivity contribution >= 4 is 44.9 Å². The van der Waals surface area contributed by atoms with Gasteiger partial charge >= 0.3 is 5.97 Å². The van der Waals surface area contributed by atoms with Crippen LogP contribution in [-0.4, -0.2) is 35.0 Å². The van der Waals surface area contributed by atoms with Gasteiger partial charge in [0.25, 0.3) is 5.91 Å². The number of fused-ring (bicyclic) bond motifs is 1. The van der Waals surface area contributed by atoms with Gasteiger partial charge in [-0.3, -0.25) is 9.59 Å². The van der Waals surface area contributed by atoms with Crippen molar-refractivity contribution in [2.24, 2.45) is 5.92 Å². The Bertz CT molecular complexity index is 712. The summed E-state index contributed by atoms with van der Waals surface area (Å²) in [6.07, 6.45) is 0.852. The maximum absolute atomic E-state index is 12.6. The molecule has 0 aliphatic carbocycles. The Labute approximate surface area is 130 Å². The van der Waals surface area contributed by atoms with Crippen LogP contribution in [0.15, 0.2) is 24.3 Å². The van der Waals surface area contributed by atoms with Crippen LogP contribution in [0.25, 0.3) is 10.1 Å². The summed E-state index contributed by atoms with van der Waals surface area (Å²) in [7, 11) is 0. The molecule has 1 aromatic carbocycles. The first kappa shape index (κ1) is 14.4. The Kier molecular flexibility index (Phi) is 3.87. The molecule has 1 fully saturated rings. The topological polar surface area (TPSA) is 57.6 Å². The molecule has 3 rings (SSSR count). The molecule has 1 aliphatic rings. The molecule has 2 aromatic rings. The number of carboxylic acids is 1. The highest BCUT2D eigenvalue weighted by Crippen LogP contribution is 2.36. The van der Waals surface area contributed by atoms with Crippen molar-refractivity contribution in [3.05, 3.63) is 34.2 Å². The summed E-state index contributed by atoms with van der Waals surface area (Å²) < 4.78 is 0.993. The molecule has 6 heteroatoms. The molecule has 1 N–H and O–H groups in total. The standard InChI is InChI=1S/C15H14ClNO3S/c16-13-10-3-1-2-4-11(10)21-14(13)15(20)17-6-5-9(8-17)7-12(18)19/h1-4,9H,5-8H2,(H,18,19). The number of thiophene rings is 1. The first-order valence-corrected chi connectivity index (χ1v) is 7.94. The van der Waals surface area contributed by atoms with Gasteiger partial charge in [0.15, 0.2) is 0 Å². The molecule has 0 spiro atoms. The second-order valence-electron chi connectivity index (χ2n) is 5.25. The summed E-state index contributed by atoms with van der Waals surface area (Å²) in [5, 5.41) is 10.2. The van der Waals surface area contributed by atoms with Gasteiger partial charge in [-0.15, -0.1) is 11.3 Å². The van der Waals surface area contributed by atoms with Crippen LogP contribution in [0.2, 0.25) is 5.02 Å². The van der Waals surface area contributed by atoms with Crippen LogP contribution in [0.4, 0.5) is 0 Å². The maximum atomic E-state index is 12.6. The van der Waals surface area contributed by atoms with E-state index in [0.717, 1.165) is 16.5 Å². The Morgan fingerprint density at radius 2 is 2.14 bits per heavy atom. The number of likely N-dealkylation sites (tertiary alicyclic amines) is 1. The van der Waals surface area contributed by atoms with E-state index in [1.54, 1.807) is 4.90 Å². The molecule has 1 aromatic heterocycles. The average Bonchev–Trinajstić information content (AvgIpc) is 3.03. The first-order valence-electron chi connectivity index (χ1n) is 6.74. The van der Waals surface area contributed by atoms with Crippen LogP contribution in [-0.2, 0) is 4.79 Å². The highest BCUT2D eigenvalue weighted by atomic mass is 35.5. The van der Waals surface area contributed by atoms with E-state index in [4.69, 9.17) is 16.7 Å². The van der Waals surface area contributed by atoms with Gasteiger partial charge in [-0.2, -0.15) is 0 Å². The molecule has 0 radical (unpaired) electrons. The fraction of sp³-hybridized carbons (Fsp3) is 0.333. The molecule has 0 saturated carbocycles. The van der Waals surface area contributed by atoms with Gasteiger partial charge in [-0.25, -0.2) is 0 Å². The van der Waals surface area contributed by atoms with Gasteiger partial charge in [-0.05, 0) is 18.4 Å². The van der Waals surface area contributed by atoms with E-state index in [0.29, 0.717) is 23.0 Å². The lowest BCUT2D eigenvalue weighted by Gasteiger charge is -2.15. The number of benzene rings is 1. The molecule has 4 nitrogen and oxygen atoms in total. The summed E-state index contributed by atoms with van der Waals surface area (Å²) in [4.78, 5) is 25.6. The minimum Gasteiger partial charge on any atom is -0.481 e. The zero-order valence-corrected chi connectivity index (χ0v) is 12.8. The van der Waals surface area contributed by atoms with Crippen molar-refractivity contribution < 1.29 is 14.7 Å². The van der Waals surface area contributed by atoms with Crippen LogP contribution >= 0.6 is 22.9 Å². The fourth-order valence-corrected chi connectivity index (χ4v) is 4.21. The molecule has 0 bridgehead atoms. The third-order valence-corrected chi connectivity index (χ3v) is 5.43. The molecule has 2 heterocycles. The number of aliphatic carboxylic acids is 1.